The van der Waals surface area contributed by atoms with Crippen LogP contribution in [0, 0.1) is 13.8 Å². The summed E-state index contributed by atoms with van der Waals surface area (Å²) in [5.41, 5.74) is 0.943. The maximum absolute atomic E-state index is 12.8. The van der Waals surface area contributed by atoms with E-state index < -0.39 is 25.3 Å². The third kappa shape index (κ3) is 2.98. The highest BCUT2D eigenvalue weighted by molar-refractivity contribution is 7.90. The maximum atomic E-state index is 12.8. The molecular formula is C11H20N4O4S2. The van der Waals surface area contributed by atoms with Gasteiger partial charge in [-0.25, -0.2) is 22.0 Å². The molecule has 0 spiro atoms. The lowest BCUT2D eigenvalue weighted by atomic mass is 10.2. The first-order valence-corrected chi connectivity index (χ1v) is 9.62. The van der Waals surface area contributed by atoms with E-state index in [1.54, 1.807) is 20.9 Å². The van der Waals surface area contributed by atoms with Crippen molar-refractivity contribution in [2.24, 2.45) is 12.2 Å². The topological polar surface area (TPSA) is 115 Å². The van der Waals surface area contributed by atoms with E-state index in [-0.39, 0.29) is 11.4 Å². The van der Waals surface area contributed by atoms with E-state index >= 15 is 0 Å². The molecule has 21 heavy (non-hydrogen) atoms. The summed E-state index contributed by atoms with van der Waals surface area (Å²) in [4.78, 5) is 0.153. The molecular weight excluding hydrogens is 316 g/mol. The Hall–Kier alpha value is -0.970. The van der Waals surface area contributed by atoms with Crippen LogP contribution in [-0.2, 0) is 27.1 Å². The number of hydrogen-bond acceptors (Lipinski definition) is 5. The third-order valence-electron chi connectivity index (χ3n) is 3.85. The van der Waals surface area contributed by atoms with Gasteiger partial charge < -0.3 is 0 Å². The molecule has 1 aliphatic heterocycles. The third-order valence-corrected chi connectivity index (χ3v) is 7.28. The molecule has 1 atom stereocenters. The van der Waals surface area contributed by atoms with Crippen LogP contribution in [0.5, 0.6) is 0 Å². The first-order valence-electron chi connectivity index (χ1n) is 6.57. The quantitative estimate of drug-likeness (QED) is 0.797. The first-order chi connectivity index (χ1) is 9.55. The predicted molar refractivity (Wildman–Crippen MR) is 77.6 cm³/mol. The highest BCUT2D eigenvalue weighted by Crippen LogP contribution is 2.26. The minimum absolute atomic E-state index is 0.102. The number of rotatable bonds is 3. The SMILES string of the molecule is Cc1nn(C)c(C)c1S(=O)(=O)N1CCCC(S(N)(=O)=O)C1. The second-order valence-corrected chi connectivity index (χ2v) is 9.06. The van der Waals surface area contributed by atoms with Crippen LogP contribution in [0.3, 0.4) is 0 Å². The molecule has 0 saturated carbocycles. The van der Waals surface area contributed by atoms with E-state index in [0.717, 1.165) is 0 Å². The fourth-order valence-corrected chi connectivity index (χ4v) is 5.55. The molecule has 120 valence electrons. The second kappa shape index (κ2) is 5.34. The number of aromatic nitrogens is 2. The zero-order valence-electron chi connectivity index (χ0n) is 12.3. The number of piperidine rings is 1. The fourth-order valence-electron chi connectivity index (χ4n) is 2.65. The molecule has 1 fully saturated rings. The largest absolute Gasteiger partial charge is 0.271 e. The van der Waals surface area contributed by atoms with Crippen molar-refractivity contribution in [1.82, 2.24) is 14.1 Å². The molecule has 10 heteroatoms. The molecule has 0 aliphatic carbocycles. The molecule has 0 radical (unpaired) electrons. The van der Waals surface area contributed by atoms with Gasteiger partial charge in [0.05, 0.1) is 16.6 Å². The number of aryl methyl sites for hydroxylation is 2. The van der Waals surface area contributed by atoms with Gasteiger partial charge in [-0.15, -0.1) is 0 Å². The molecule has 2 N–H and O–H groups in total. The summed E-state index contributed by atoms with van der Waals surface area (Å²) < 4.78 is 51.1. The monoisotopic (exact) mass is 336 g/mol. The van der Waals surface area contributed by atoms with Gasteiger partial charge >= 0.3 is 0 Å². The average molecular weight is 336 g/mol. The van der Waals surface area contributed by atoms with Gasteiger partial charge in [0.25, 0.3) is 0 Å². The number of nitrogens with two attached hydrogens (primary N) is 1. The Morgan fingerprint density at radius 1 is 1.24 bits per heavy atom. The van der Waals surface area contributed by atoms with Crippen LogP contribution in [0.2, 0.25) is 0 Å². The van der Waals surface area contributed by atoms with Crippen molar-refractivity contribution in [2.75, 3.05) is 13.1 Å². The van der Waals surface area contributed by atoms with Crippen LogP contribution in [0.15, 0.2) is 4.90 Å². The lowest BCUT2D eigenvalue weighted by Crippen LogP contribution is -2.47. The van der Waals surface area contributed by atoms with Crippen molar-refractivity contribution in [3.05, 3.63) is 11.4 Å². The molecule has 1 aromatic rings. The summed E-state index contributed by atoms with van der Waals surface area (Å²) in [5, 5.41) is 8.41. The number of sulfonamides is 2. The van der Waals surface area contributed by atoms with Crippen LogP contribution in [-0.4, -0.2) is 49.3 Å². The first kappa shape index (κ1) is 16.4. The van der Waals surface area contributed by atoms with Crippen molar-refractivity contribution < 1.29 is 16.8 Å². The zero-order chi connectivity index (χ0) is 16.0. The van der Waals surface area contributed by atoms with E-state index in [1.807, 2.05) is 0 Å². The van der Waals surface area contributed by atoms with Crippen LogP contribution in [0.1, 0.15) is 24.2 Å². The summed E-state index contributed by atoms with van der Waals surface area (Å²) in [6.07, 6.45) is 0.856. The van der Waals surface area contributed by atoms with Gasteiger partial charge in [-0.1, -0.05) is 0 Å². The van der Waals surface area contributed by atoms with E-state index in [2.05, 4.69) is 5.10 Å². The van der Waals surface area contributed by atoms with Gasteiger partial charge in [0, 0.05) is 20.1 Å². The van der Waals surface area contributed by atoms with Crippen LogP contribution in [0.25, 0.3) is 0 Å². The molecule has 1 aliphatic rings. The highest BCUT2D eigenvalue weighted by atomic mass is 32.2. The molecule has 0 aromatic carbocycles. The number of nitrogens with zero attached hydrogens (tertiary/aromatic N) is 3. The molecule has 1 saturated heterocycles. The van der Waals surface area contributed by atoms with Gasteiger partial charge in [0.1, 0.15) is 4.90 Å². The van der Waals surface area contributed by atoms with Gasteiger partial charge in [0.2, 0.25) is 20.0 Å². The molecule has 2 rings (SSSR count). The Balaban J connectivity index is 2.40. The van der Waals surface area contributed by atoms with Crippen molar-refractivity contribution in [1.29, 1.82) is 0 Å². The van der Waals surface area contributed by atoms with Gasteiger partial charge in [-0.2, -0.15) is 9.40 Å². The van der Waals surface area contributed by atoms with Crippen LogP contribution >= 0.6 is 0 Å². The fraction of sp³-hybridized carbons (Fsp3) is 0.727. The van der Waals surface area contributed by atoms with E-state index in [9.17, 15) is 16.8 Å². The summed E-state index contributed by atoms with van der Waals surface area (Å²) in [7, 11) is -5.84. The van der Waals surface area contributed by atoms with E-state index in [0.29, 0.717) is 30.8 Å². The van der Waals surface area contributed by atoms with Crippen molar-refractivity contribution in [2.45, 2.75) is 36.8 Å². The van der Waals surface area contributed by atoms with Crippen molar-refractivity contribution in [3.8, 4) is 0 Å². The lowest BCUT2D eigenvalue weighted by Gasteiger charge is -2.30. The van der Waals surface area contributed by atoms with Crippen LogP contribution in [0.4, 0.5) is 0 Å². The van der Waals surface area contributed by atoms with Crippen LogP contribution < -0.4 is 5.14 Å². The number of primary sulfonamides is 1. The Bertz CT molecular complexity index is 751. The Morgan fingerprint density at radius 3 is 2.33 bits per heavy atom. The average Bonchev–Trinajstić information content (AvgIpc) is 2.62. The lowest BCUT2D eigenvalue weighted by molar-refractivity contribution is 0.345. The van der Waals surface area contributed by atoms with Gasteiger partial charge in [0.15, 0.2) is 0 Å². The van der Waals surface area contributed by atoms with Gasteiger partial charge in [-0.3, -0.25) is 4.68 Å². The number of hydrogen-bond donors (Lipinski definition) is 1. The Morgan fingerprint density at radius 2 is 1.86 bits per heavy atom. The van der Waals surface area contributed by atoms with E-state index in [4.69, 9.17) is 5.14 Å². The minimum Gasteiger partial charge on any atom is -0.271 e. The second-order valence-electron chi connectivity index (χ2n) is 5.34. The summed E-state index contributed by atoms with van der Waals surface area (Å²) in [6, 6.07) is 0. The summed E-state index contributed by atoms with van der Waals surface area (Å²) in [5.74, 6) is 0. The van der Waals surface area contributed by atoms with Gasteiger partial charge in [-0.05, 0) is 26.7 Å². The predicted octanol–water partition coefficient (Wildman–Crippen LogP) is -0.521. The smallest absolute Gasteiger partial charge is 0.246 e. The standard InChI is InChI=1S/C11H20N4O4S2/c1-8-11(9(2)14(3)13-8)21(18,19)15-6-4-5-10(7-15)20(12,16)17/h10H,4-7H2,1-3H3,(H2,12,16,17). The molecule has 0 bridgehead atoms. The summed E-state index contributed by atoms with van der Waals surface area (Å²) >= 11 is 0. The normalized spacial score (nSPS) is 21.6. The highest BCUT2D eigenvalue weighted by Gasteiger charge is 2.37. The zero-order valence-corrected chi connectivity index (χ0v) is 13.9. The molecule has 1 aromatic heterocycles. The molecule has 8 nitrogen and oxygen atoms in total. The Labute approximate surface area is 125 Å². The summed E-state index contributed by atoms with van der Waals surface area (Å²) in [6.45, 7) is 3.49. The Kier molecular flexibility index (Phi) is 4.17. The van der Waals surface area contributed by atoms with E-state index in [1.165, 1.54) is 8.99 Å². The maximum Gasteiger partial charge on any atom is 0.246 e. The minimum atomic E-state index is -3.77. The molecule has 1 unspecified atom stereocenters. The molecule has 0 amide bonds. The molecule has 2 heterocycles. The van der Waals surface area contributed by atoms with Crippen molar-refractivity contribution in [3.63, 3.8) is 0 Å². The van der Waals surface area contributed by atoms with Crippen molar-refractivity contribution >= 4 is 20.0 Å².